The molecule has 1 aromatic heterocycles. The normalized spacial score (nSPS) is 14.3. The van der Waals surface area contributed by atoms with E-state index in [1.165, 1.54) is 7.11 Å². The fourth-order valence-electron chi connectivity index (χ4n) is 2.72. The molecular weight excluding hydrogens is 324 g/mol. The maximum atomic E-state index is 12.5. The second-order valence-corrected chi connectivity index (χ2v) is 5.74. The molecule has 1 aliphatic heterocycles. The average Bonchev–Trinajstić information content (AvgIpc) is 3.08. The summed E-state index contributed by atoms with van der Waals surface area (Å²) in [5.41, 5.74) is 0.768. The Morgan fingerprint density at radius 1 is 1.20 bits per heavy atom. The highest BCUT2D eigenvalue weighted by Crippen LogP contribution is 2.19. The molecule has 0 aliphatic carbocycles. The van der Waals surface area contributed by atoms with Crippen LogP contribution in [0.2, 0.25) is 0 Å². The first-order valence-electron chi connectivity index (χ1n) is 8.00. The molecule has 1 fully saturated rings. The summed E-state index contributed by atoms with van der Waals surface area (Å²) >= 11 is 0. The quantitative estimate of drug-likeness (QED) is 0.858. The van der Waals surface area contributed by atoms with E-state index in [0.717, 1.165) is 11.6 Å². The van der Waals surface area contributed by atoms with E-state index in [1.807, 2.05) is 13.0 Å². The number of hydrogen-bond acceptors (Lipinski definition) is 6. The molecule has 132 valence electrons. The monoisotopic (exact) mass is 344 g/mol. The van der Waals surface area contributed by atoms with Gasteiger partial charge < -0.3 is 24.4 Å². The third kappa shape index (κ3) is 3.73. The van der Waals surface area contributed by atoms with Crippen molar-refractivity contribution in [2.24, 2.45) is 0 Å². The van der Waals surface area contributed by atoms with Crippen LogP contribution in [0, 0.1) is 6.92 Å². The number of rotatable bonds is 3. The lowest BCUT2D eigenvalue weighted by Gasteiger charge is -2.34. The number of aromatic nitrogens is 1. The van der Waals surface area contributed by atoms with Crippen LogP contribution >= 0.6 is 0 Å². The third-order valence-corrected chi connectivity index (χ3v) is 4.08. The molecule has 1 aliphatic rings. The van der Waals surface area contributed by atoms with Crippen LogP contribution in [0.25, 0.3) is 0 Å². The van der Waals surface area contributed by atoms with E-state index in [-0.39, 0.29) is 6.03 Å². The Morgan fingerprint density at radius 2 is 1.92 bits per heavy atom. The Hall–Kier alpha value is -3.03. The Balaban J connectivity index is 1.61. The number of aryl methyl sites for hydroxylation is 1. The van der Waals surface area contributed by atoms with Gasteiger partial charge in [0.15, 0.2) is 5.82 Å². The Morgan fingerprint density at radius 3 is 2.56 bits per heavy atom. The zero-order chi connectivity index (χ0) is 17.8. The molecule has 1 aromatic carbocycles. The summed E-state index contributed by atoms with van der Waals surface area (Å²) in [4.78, 5) is 28.1. The van der Waals surface area contributed by atoms with Crippen LogP contribution in [-0.2, 0) is 4.74 Å². The minimum Gasteiger partial charge on any atom is -0.465 e. The van der Waals surface area contributed by atoms with E-state index in [4.69, 9.17) is 9.26 Å². The van der Waals surface area contributed by atoms with Gasteiger partial charge in [-0.3, -0.25) is 0 Å². The van der Waals surface area contributed by atoms with Crippen molar-refractivity contribution in [2.75, 3.05) is 43.5 Å². The number of para-hydroxylation sites is 1. The number of nitrogens with one attached hydrogen (secondary N) is 1. The molecule has 2 aromatic rings. The third-order valence-electron chi connectivity index (χ3n) is 4.08. The highest BCUT2D eigenvalue weighted by Gasteiger charge is 2.24. The largest absolute Gasteiger partial charge is 0.465 e. The van der Waals surface area contributed by atoms with Gasteiger partial charge >= 0.3 is 12.0 Å². The molecule has 8 nitrogen and oxygen atoms in total. The minimum absolute atomic E-state index is 0.243. The number of nitrogens with zero attached hydrogens (tertiary/aromatic N) is 3. The van der Waals surface area contributed by atoms with Crippen molar-refractivity contribution in [1.82, 2.24) is 10.1 Å². The van der Waals surface area contributed by atoms with Gasteiger partial charge in [0.05, 0.1) is 18.4 Å². The van der Waals surface area contributed by atoms with Crippen molar-refractivity contribution in [3.63, 3.8) is 0 Å². The molecule has 1 saturated heterocycles. The number of carbonyl (C=O) groups is 2. The fourth-order valence-corrected chi connectivity index (χ4v) is 2.72. The summed E-state index contributed by atoms with van der Waals surface area (Å²) in [6.07, 6.45) is 0. The van der Waals surface area contributed by atoms with Crippen molar-refractivity contribution in [2.45, 2.75) is 6.92 Å². The standard InChI is InChI=1S/C17H20N4O4/c1-12-11-15(19-25-12)20-7-9-21(10-8-20)17(23)18-14-6-4-3-5-13(14)16(22)24-2/h3-6,11H,7-10H2,1-2H3,(H,18,23). The van der Waals surface area contributed by atoms with Gasteiger partial charge in [-0.05, 0) is 19.1 Å². The van der Waals surface area contributed by atoms with Gasteiger partial charge in [0.1, 0.15) is 5.76 Å². The molecule has 2 amide bonds. The number of anilines is 2. The number of carbonyl (C=O) groups excluding carboxylic acids is 2. The molecule has 3 rings (SSSR count). The predicted octanol–water partition coefficient (Wildman–Crippen LogP) is 2.12. The van der Waals surface area contributed by atoms with E-state index in [9.17, 15) is 9.59 Å². The first kappa shape index (κ1) is 16.8. The summed E-state index contributed by atoms with van der Waals surface area (Å²) in [6, 6.07) is 8.41. The zero-order valence-electron chi connectivity index (χ0n) is 14.2. The lowest BCUT2D eigenvalue weighted by atomic mass is 10.2. The van der Waals surface area contributed by atoms with Crippen molar-refractivity contribution < 1.29 is 18.8 Å². The molecule has 8 heteroatoms. The highest BCUT2D eigenvalue weighted by atomic mass is 16.5. The average molecular weight is 344 g/mol. The van der Waals surface area contributed by atoms with Gasteiger partial charge in [-0.1, -0.05) is 17.3 Å². The van der Waals surface area contributed by atoms with E-state index in [2.05, 4.69) is 15.4 Å². The van der Waals surface area contributed by atoms with Gasteiger partial charge in [-0.15, -0.1) is 0 Å². The Bertz CT molecular complexity index is 766. The van der Waals surface area contributed by atoms with E-state index in [1.54, 1.807) is 29.2 Å². The Labute approximate surface area is 145 Å². The van der Waals surface area contributed by atoms with E-state index < -0.39 is 5.97 Å². The number of hydrogen-bond donors (Lipinski definition) is 1. The molecule has 2 heterocycles. The summed E-state index contributed by atoms with van der Waals surface area (Å²) in [6.45, 7) is 4.28. The predicted molar refractivity (Wildman–Crippen MR) is 91.8 cm³/mol. The number of amides is 2. The van der Waals surface area contributed by atoms with Crippen molar-refractivity contribution in [3.05, 3.63) is 41.7 Å². The van der Waals surface area contributed by atoms with Gasteiger partial charge in [-0.2, -0.15) is 0 Å². The van der Waals surface area contributed by atoms with Crippen molar-refractivity contribution in [1.29, 1.82) is 0 Å². The first-order chi connectivity index (χ1) is 12.1. The van der Waals surface area contributed by atoms with Crippen LogP contribution in [0.5, 0.6) is 0 Å². The second-order valence-electron chi connectivity index (χ2n) is 5.74. The smallest absolute Gasteiger partial charge is 0.339 e. The Kier molecular flexibility index (Phi) is 4.87. The molecule has 1 N–H and O–H groups in total. The minimum atomic E-state index is -0.484. The SMILES string of the molecule is COC(=O)c1ccccc1NC(=O)N1CCN(c2cc(C)on2)CC1. The van der Waals surface area contributed by atoms with Gasteiger partial charge in [0.2, 0.25) is 0 Å². The fraction of sp³-hybridized carbons (Fsp3) is 0.353. The second kappa shape index (κ2) is 7.25. The van der Waals surface area contributed by atoms with Crippen LogP contribution in [0.3, 0.4) is 0 Å². The van der Waals surface area contributed by atoms with Crippen LogP contribution in [-0.4, -0.2) is 55.3 Å². The van der Waals surface area contributed by atoms with Crippen LogP contribution in [0.1, 0.15) is 16.1 Å². The lowest BCUT2D eigenvalue weighted by Crippen LogP contribution is -2.50. The number of methoxy groups -OCH3 is 1. The van der Waals surface area contributed by atoms with Gasteiger partial charge in [-0.25, -0.2) is 9.59 Å². The number of piperazine rings is 1. The molecular formula is C17H20N4O4. The van der Waals surface area contributed by atoms with Gasteiger partial charge in [0.25, 0.3) is 0 Å². The summed E-state index contributed by atoms with van der Waals surface area (Å²) in [7, 11) is 1.31. The molecule has 0 radical (unpaired) electrons. The summed E-state index contributed by atoms with van der Waals surface area (Å²) < 4.78 is 9.83. The molecule has 0 atom stereocenters. The zero-order valence-corrected chi connectivity index (χ0v) is 14.2. The molecule has 0 unspecified atom stereocenters. The molecule has 25 heavy (non-hydrogen) atoms. The summed E-state index contributed by atoms with van der Waals surface area (Å²) in [5, 5.41) is 6.79. The molecule has 0 saturated carbocycles. The van der Waals surface area contributed by atoms with Crippen molar-refractivity contribution >= 4 is 23.5 Å². The van der Waals surface area contributed by atoms with Gasteiger partial charge in [0, 0.05) is 32.2 Å². The summed E-state index contributed by atoms with van der Waals surface area (Å²) in [5.74, 6) is 1.06. The lowest BCUT2D eigenvalue weighted by molar-refractivity contribution is 0.0602. The highest BCUT2D eigenvalue weighted by molar-refractivity contribution is 6.00. The number of ether oxygens (including phenoxy) is 1. The number of esters is 1. The maximum absolute atomic E-state index is 12.5. The first-order valence-corrected chi connectivity index (χ1v) is 8.00. The van der Waals surface area contributed by atoms with Crippen LogP contribution in [0.15, 0.2) is 34.9 Å². The number of benzene rings is 1. The van der Waals surface area contributed by atoms with E-state index in [0.29, 0.717) is 37.4 Å². The van der Waals surface area contributed by atoms with Crippen molar-refractivity contribution in [3.8, 4) is 0 Å². The maximum Gasteiger partial charge on any atom is 0.339 e. The topological polar surface area (TPSA) is 87.9 Å². The van der Waals surface area contributed by atoms with E-state index >= 15 is 0 Å². The molecule has 0 spiro atoms. The van der Waals surface area contributed by atoms with Crippen LogP contribution < -0.4 is 10.2 Å². The molecule has 0 bridgehead atoms. The number of urea groups is 1. The van der Waals surface area contributed by atoms with Crippen LogP contribution in [0.4, 0.5) is 16.3 Å².